The highest BCUT2D eigenvalue weighted by molar-refractivity contribution is 6.33. The van der Waals surface area contributed by atoms with Gasteiger partial charge in [-0.05, 0) is 17.7 Å². The second-order valence-corrected chi connectivity index (χ2v) is 7.77. The first-order valence-electron chi connectivity index (χ1n) is 9.93. The fourth-order valence-electron chi connectivity index (χ4n) is 3.82. The lowest BCUT2D eigenvalue weighted by Gasteiger charge is -2.36. The van der Waals surface area contributed by atoms with Crippen LogP contribution in [0.1, 0.15) is 5.56 Å². The van der Waals surface area contributed by atoms with Gasteiger partial charge in [-0.1, -0.05) is 54.1 Å². The van der Waals surface area contributed by atoms with E-state index in [0.717, 1.165) is 43.8 Å². The van der Waals surface area contributed by atoms with Crippen LogP contribution < -0.4 is 10.5 Å². The van der Waals surface area contributed by atoms with Crippen molar-refractivity contribution in [2.75, 3.05) is 31.1 Å². The van der Waals surface area contributed by atoms with Gasteiger partial charge in [-0.25, -0.2) is 4.98 Å². The van der Waals surface area contributed by atoms with Gasteiger partial charge in [0.2, 0.25) is 5.95 Å². The highest BCUT2D eigenvalue weighted by Gasteiger charge is 2.22. The SMILES string of the molecule is O=c1c(Cl)c(N2CCN(Cc3ccccc3)CC2)cnn1-c1nc2ccccc2[nH]1. The van der Waals surface area contributed by atoms with Crippen molar-refractivity contribution in [2.24, 2.45) is 0 Å². The van der Waals surface area contributed by atoms with E-state index in [0.29, 0.717) is 11.6 Å². The van der Waals surface area contributed by atoms with Crippen LogP contribution in [-0.4, -0.2) is 50.8 Å². The second-order valence-electron chi connectivity index (χ2n) is 7.39. The zero-order chi connectivity index (χ0) is 20.5. The summed E-state index contributed by atoms with van der Waals surface area (Å²) in [6, 6.07) is 18.0. The van der Waals surface area contributed by atoms with Crippen LogP contribution in [0, 0.1) is 0 Å². The number of halogens is 1. The van der Waals surface area contributed by atoms with E-state index >= 15 is 0 Å². The number of rotatable bonds is 4. The minimum atomic E-state index is -0.375. The third kappa shape index (κ3) is 3.58. The summed E-state index contributed by atoms with van der Waals surface area (Å²) in [6.45, 7) is 4.31. The number of hydrogen-bond acceptors (Lipinski definition) is 5. The fourth-order valence-corrected chi connectivity index (χ4v) is 4.07. The molecule has 30 heavy (non-hydrogen) atoms. The maximum atomic E-state index is 12.9. The molecular weight excluding hydrogens is 400 g/mol. The summed E-state index contributed by atoms with van der Waals surface area (Å²) in [5.74, 6) is 0.363. The van der Waals surface area contributed by atoms with Crippen LogP contribution in [0.25, 0.3) is 17.0 Å². The number of piperazine rings is 1. The standard InChI is InChI=1S/C22H21ClN6O/c23-20-19(28-12-10-27(11-13-28)15-16-6-2-1-3-7-16)14-24-29(21(20)30)22-25-17-8-4-5-9-18(17)26-22/h1-9,14H,10-13,15H2,(H,25,26). The number of nitrogens with zero attached hydrogens (tertiary/aromatic N) is 5. The molecule has 0 saturated carbocycles. The van der Waals surface area contributed by atoms with Gasteiger partial charge in [-0.2, -0.15) is 9.78 Å². The maximum Gasteiger partial charge on any atom is 0.295 e. The number of H-pyrrole nitrogens is 1. The number of aromatic nitrogens is 4. The van der Waals surface area contributed by atoms with E-state index in [4.69, 9.17) is 11.6 Å². The van der Waals surface area contributed by atoms with Crippen molar-refractivity contribution in [2.45, 2.75) is 6.54 Å². The van der Waals surface area contributed by atoms with E-state index < -0.39 is 0 Å². The summed E-state index contributed by atoms with van der Waals surface area (Å²) >= 11 is 6.48. The number of nitrogens with one attached hydrogen (secondary N) is 1. The first-order valence-corrected chi connectivity index (χ1v) is 10.3. The second kappa shape index (κ2) is 7.93. The number of hydrogen-bond donors (Lipinski definition) is 1. The van der Waals surface area contributed by atoms with Gasteiger partial charge >= 0.3 is 0 Å². The Morgan fingerprint density at radius 1 is 0.967 bits per heavy atom. The molecule has 7 nitrogen and oxygen atoms in total. The van der Waals surface area contributed by atoms with E-state index in [1.165, 1.54) is 10.2 Å². The van der Waals surface area contributed by atoms with Crippen molar-refractivity contribution in [1.82, 2.24) is 24.6 Å². The Kier molecular flexibility index (Phi) is 4.98. The van der Waals surface area contributed by atoms with E-state index in [1.54, 1.807) is 6.20 Å². The molecule has 1 aliphatic heterocycles. The monoisotopic (exact) mass is 420 g/mol. The number of anilines is 1. The van der Waals surface area contributed by atoms with E-state index in [9.17, 15) is 4.79 Å². The summed E-state index contributed by atoms with van der Waals surface area (Å²) in [7, 11) is 0. The average molecular weight is 421 g/mol. The molecule has 0 radical (unpaired) electrons. The highest BCUT2D eigenvalue weighted by Crippen LogP contribution is 2.23. The minimum absolute atomic E-state index is 0.168. The molecule has 0 atom stereocenters. The topological polar surface area (TPSA) is 70.1 Å². The molecule has 2 aromatic heterocycles. The Hall–Kier alpha value is -3.16. The third-order valence-electron chi connectivity index (χ3n) is 5.44. The van der Waals surface area contributed by atoms with Crippen molar-refractivity contribution < 1.29 is 0 Å². The van der Waals surface area contributed by atoms with Gasteiger partial charge in [0.05, 0.1) is 22.9 Å². The zero-order valence-electron chi connectivity index (χ0n) is 16.3. The minimum Gasteiger partial charge on any atom is -0.366 e. The molecular formula is C22H21ClN6O. The van der Waals surface area contributed by atoms with Crippen LogP contribution in [0.3, 0.4) is 0 Å². The van der Waals surface area contributed by atoms with Crippen LogP contribution in [-0.2, 0) is 6.54 Å². The Morgan fingerprint density at radius 2 is 1.70 bits per heavy atom. The Labute approximate surface area is 178 Å². The quantitative estimate of drug-likeness (QED) is 0.549. The highest BCUT2D eigenvalue weighted by atomic mass is 35.5. The molecule has 1 N–H and O–H groups in total. The molecule has 0 spiro atoms. The first kappa shape index (κ1) is 18.8. The molecule has 0 aliphatic carbocycles. The van der Waals surface area contributed by atoms with Crippen LogP contribution in [0.5, 0.6) is 0 Å². The third-order valence-corrected chi connectivity index (χ3v) is 5.80. The molecule has 152 valence electrons. The Morgan fingerprint density at radius 3 is 2.47 bits per heavy atom. The van der Waals surface area contributed by atoms with Gasteiger partial charge < -0.3 is 9.88 Å². The smallest absolute Gasteiger partial charge is 0.295 e. The van der Waals surface area contributed by atoms with Crippen molar-refractivity contribution in [3.05, 3.63) is 81.7 Å². The van der Waals surface area contributed by atoms with Crippen LogP contribution in [0.2, 0.25) is 5.02 Å². The molecule has 8 heteroatoms. The lowest BCUT2D eigenvalue weighted by Crippen LogP contribution is -2.46. The van der Waals surface area contributed by atoms with Crippen molar-refractivity contribution in [3.63, 3.8) is 0 Å². The predicted molar refractivity (Wildman–Crippen MR) is 118 cm³/mol. The van der Waals surface area contributed by atoms with Gasteiger partial charge in [-0.15, -0.1) is 0 Å². The molecule has 1 aliphatic rings. The molecule has 0 unspecified atom stereocenters. The van der Waals surface area contributed by atoms with Crippen LogP contribution in [0.4, 0.5) is 5.69 Å². The number of fused-ring (bicyclic) bond motifs is 1. The zero-order valence-corrected chi connectivity index (χ0v) is 17.1. The van der Waals surface area contributed by atoms with Gasteiger partial charge in [0.15, 0.2) is 0 Å². The molecule has 1 fully saturated rings. The molecule has 3 heterocycles. The van der Waals surface area contributed by atoms with Crippen molar-refractivity contribution in [3.8, 4) is 5.95 Å². The van der Waals surface area contributed by atoms with Gasteiger partial charge in [0.1, 0.15) is 5.02 Å². The van der Waals surface area contributed by atoms with Crippen LogP contribution in [0.15, 0.2) is 65.6 Å². The Bertz CT molecular complexity index is 1190. The van der Waals surface area contributed by atoms with Crippen molar-refractivity contribution >= 4 is 28.3 Å². The molecule has 1 saturated heterocycles. The number of aromatic amines is 1. The molecule has 0 bridgehead atoms. The largest absolute Gasteiger partial charge is 0.366 e. The normalized spacial score (nSPS) is 15.0. The van der Waals surface area contributed by atoms with Gasteiger partial charge in [-0.3, -0.25) is 9.69 Å². The molecule has 0 amide bonds. The van der Waals surface area contributed by atoms with Gasteiger partial charge in [0, 0.05) is 32.7 Å². The fraction of sp³-hybridized carbons (Fsp3) is 0.227. The summed E-state index contributed by atoms with van der Waals surface area (Å²) in [4.78, 5) is 25.0. The molecule has 4 aromatic rings. The summed E-state index contributed by atoms with van der Waals surface area (Å²) in [5.41, 5.74) is 3.22. The first-order chi connectivity index (χ1) is 14.7. The number of para-hydroxylation sites is 2. The number of imidazole rings is 1. The van der Waals surface area contributed by atoms with E-state index in [2.05, 4.69) is 49.1 Å². The number of benzene rings is 2. The van der Waals surface area contributed by atoms with Gasteiger partial charge in [0.25, 0.3) is 5.56 Å². The lowest BCUT2D eigenvalue weighted by atomic mass is 10.2. The maximum absolute atomic E-state index is 12.9. The summed E-state index contributed by atoms with van der Waals surface area (Å²) in [5, 5.41) is 4.51. The molecule has 5 rings (SSSR count). The Balaban J connectivity index is 1.33. The predicted octanol–water partition coefficient (Wildman–Crippen LogP) is 3.08. The van der Waals surface area contributed by atoms with E-state index in [1.807, 2.05) is 30.3 Å². The average Bonchev–Trinajstić information content (AvgIpc) is 3.21. The van der Waals surface area contributed by atoms with Crippen molar-refractivity contribution in [1.29, 1.82) is 0 Å². The lowest BCUT2D eigenvalue weighted by molar-refractivity contribution is 0.250. The molecule has 2 aromatic carbocycles. The van der Waals surface area contributed by atoms with Crippen LogP contribution >= 0.6 is 11.6 Å². The van der Waals surface area contributed by atoms with E-state index in [-0.39, 0.29) is 10.6 Å². The summed E-state index contributed by atoms with van der Waals surface area (Å²) in [6.07, 6.45) is 1.66. The summed E-state index contributed by atoms with van der Waals surface area (Å²) < 4.78 is 1.22.